The largest absolute Gasteiger partial charge is 0.355 e. The number of halogens is 1. The van der Waals surface area contributed by atoms with Gasteiger partial charge in [0.15, 0.2) is 5.96 Å². The number of hydrogen-bond acceptors (Lipinski definition) is 3. The number of aryl methyl sites for hydroxylation is 1. The van der Waals surface area contributed by atoms with Crippen molar-refractivity contribution >= 4 is 29.9 Å². The van der Waals surface area contributed by atoms with Crippen molar-refractivity contribution in [1.82, 2.24) is 25.4 Å². The molecule has 0 aliphatic heterocycles. The van der Waals surface area contributed by atoms with E-state index in [4.69, 9.17) is 0 Å². The summed E-state index contributed by atoms with van der Waals surface area (Å²) in [5, 5.41) is 15.0. The van der Waals surface area contributed by atoms with Crippen molar-refractivity contribution in [1.29, 1.82) is 0 Å². The number of aliphatic imine (C=N–C) groups is 1. The molecular formula is C17H35IN6. The Hall–Kier alpha value is -0.860. The lowest BCUT2D eigenvalue weighted by atomic mass is 10.1. The van der Waals surface area contributed by atoms with Gasteiger partial charge in [0.2, 0.25) is 0 Å². The number of nitrogens with zero attached hydrogens (tertiary/aromatic N) is 4. The van der Waals surface area contributed by atoms with E-state index in [9.17, 15) is 0 Å². The molecule has 0 bridgehead atoms. The molecule has 2 N–H and O–H groups in total. The van der Waals surface area contributed by atoms with Crippen LogP contribution in [0.25, 0.3) is 0 Å². The summed E-state index contributed by atoms with van der Waals surface area (Å²) < 4.78 is 2.09. The molecule has 0 aliphatic rings. The number of unbranched alkanes of at least 4 members (excludes halogenated alkanes) is 2. The maximum absolute atomic E-state index is 4.63. The Labute approximate surface area is 164 Å². The van der Waals surface area contributed by atoms with Crippen LogP contribution in [0.4, 0.5) is 0 Å². The molecule has 0 fully saturated rings. The zero-order valence-corrected chi connectivity index (χ0v) is 18.0. The SMILES string of the molecule is CCCCCC(C)NC(=NCCC)NCCn1cnnc1CC.I. The van der Waals surface area contributed by atoms with Gasteiger partial charge in [0, 0.05) is 32.1 Å². The summed E-state index contributed by atoms with van der Waals surface area (Å²) in [6, 6.07) is 0.450. The lowest BCUT2D eigenvalue weighted by Gasteiger charge is -2.18. The van der Waals surface area contributed by atoms with Gasteiger partial charge in [0.25, 0.3) is 0 Å². The van der Waals surface area contributed by atoms with Gasteiger partial charge in [-0.3, -0.25) is 4.99 Å². The van der Waals surface area contributed by atoms with E-state index in [2.05, 4.69) is 58.1 Å². The van der Waals surface area contributed by atoms with Crippen LogP contribution < -0.4 is 10.6 Å². The fourth-order valence-corrected chi connectivity index (χ4v) is 2.42. The molecule has 0 spiro atoms. The third-order valence-corrected chi connectivity index (χ3v) is 3.77. The fourth-order valence-electron chi connectivity index (χ4n) is 2.42. The van der Waals surface area contributed by atoms with Crippen LogP contribution in [0.1, 0.15) is 65.6 Å². The standard InChI is InChI=1S/C17H34N6.HI/c1-5-8-9-10-15(4)21-17(18-11-6-2)19-12-13-23-14-20-22-16(23)7-3;/h14-15H,5-13H2,1-4H3,(H2,18,19,21);1H. The van der Waals surface area contributed by atoms with E-state index in [1.165, 1.54) is 25.7 Å². The Bertz CT molecular complexity index is 446. The van der Waals surface area contributed by atoms with Crippen molar-refractivity contribution in [2.75, 3.05) is 13.1 Å². The number of aromatic nitrogens is 3. The molecule has 1 rings (SSSR count). The van der Waals surface area contributed by atoms with Crippen LogP contribution in [0.2, 0.25) is 0 Å². The first kappa shape index (κ1) is 23.1. The molecule has 0 aliphatic carbocycles. The summed E-state index contributed by atoms with van der Waals surface area (Å²) in [7, 11) is 0. The molecule has 0 aromatic carbocycles. The maximum atomic E-state index is 4.63. The van der Waals surface area contributed by atoms with Crippen molar-refractivity contribution < 1.29 is 0 Å². The number of rotatable bonds is 11. The summed E-state index contributed by atoms with van der Waals surface area (Å²) in [6.45, 7) is 11.2. The van der Waals surface area contributed by atoms with Crippen LogP contribution in [0.5, 0.6) is 0 Å². The zero-order chi connectivity index (χ0) is 16.9. The van der Waals surface area contributed by atoms with Gasteiger partial charge < -0.3 is 15.2 Å². The number of hydrogen-bond donors (Lipinski definition) is 2. The second kappa shape index (κ2) is 14.5. The van der Waals surface area contributed by atoms with Crippen LogP contribution in [0.15, 0.2) is 11.3 Å². The molecule has 7 heteroatoms. The van der Waals surface area contributed by atoms with Gasteiger partial charge in [-0.2, -0.15) is 0 Å². The molecule has 1 aromatic heterocycles. The molecule has 1 unspecified atom stereocenters. The Kier molecular flexibility index (Phi) is 14.0. The van der Waals surface area contributed by atoms with Gasteiger partial charge in [0.05, 0.1) is 0 Å². The average molecular weight is 450 g/mol. The first-order valence-electron chi connectivity index (χ1n) is 9.12. The van der Waals surface area contributed by atoms with Crippen molar-refractivity contribution in [3.63, 3.8) is 0 Å². The van der Waals surface area contributed by atoms with Gasteiger partial charge >= 0.3 is 0 Å². The van der Waals surface area contributed by atoms with Crippen molar-refractivity contribution in [2.24, 2.45) is 4.99 Å². The number of nitrogens with one attached hydrogen (secondary N) is 2. The molecule has 0 saturated carbocycles. The quantitative estimate of drug-likeness (QED) is 0.235. The van der Waals surface area contributed by atoms with E-state index in [1.54, 1.807) is 6.33 Å². The van der Waals surface area contributed by atoms with Gasteiger partial charge in [-0.1, -0.05) is 40.0 Å². The van der Waals surface area contributed by atoms with Crippen LogP contribution in [-0.2, 0) is 13.0 Å². The van der Waals surface area contributed by atoms with E-state index in [0.29, 0.717) is 6.04 Å². The Morgan fingerprint density at radius 2 is 2.04 bits per heavy atom. The number of guanidine groups is 1. The first-order chi connectivity index (χ1) is 11.2. The molecular weight excluding hydrogens is 415 g/mol. The highest BCUT2D eigenvalue weighted by Crippen LogP contribution is 2.02. The Morgan fingerprint density at radius 1 is 1.25 bits per heavy atom. The third kappa shape index (κ3) is 9.44. The highest BCUT2D eigenvalue weighted by Gasteiger charge is 2.06. The average Bonchev–Trinajstić information content (AvgIpc) is 3.00. The molecule has 0 saturated heterocycles. The van der Waals surface area contributed by atoms with Crippen LogP contribution >= 0.6 is 24.0 Å². The van der Waals surface area contributed by atoms with Gasteiger partial charge in [-0.25, -0.2) is 0 Å². The minimum atomic E-state index is 0. The summed E-state index contributed by atoms with van der Waals surface area (Å²) in [4.78, 5) is 4.63. The summed E-state index contributed by atoms with van der Waals surface area (Å²) in [5.74, 6) is 1.95. The molecule has 1 aromatic rings. The van der Waals surface area contributed by atoms with Crippen molar-refractivity contribution in [3.05, 3.63) is 12.2 Å². The molecule has 24 heavy (non-hydrogen) atoms. The van der Waals surface area contributed by atoms with E-state index in [-0.39, 0.29) is 24.0 Å². The second-order valence-corrected chi connectivity index (χ2v) is 5.99. The smallest absolute Gasteiger partial charge is 0.191 e. The minimum Gasteiger partial charge on any atom is -0.355 e. The molecule has 0 amide bonds. The molecule has 0 radical (unpaired) electrons. The van der Waals surface area contributed by atoms with Gasteiger partial charge in [0.1, 0.15) is 12.2 Å². The highest BCUT2D eigenvalue weighted by atomic mass is 127. The zero-order valence-electron chi connectivity index (χ0n) is 15.7. The van der Waals surface area contributed by atoms with E-state index in [0.717, 1.165) is 44.3 Å². The monoisotopic (exact) mass is 450 g/mol. The third-order valence-electron chi connectivity index (χ3n) is 3.77. The Balaban J connectivity index is 0.00000529. The first-order valence-corrected chi connectivity index (χ1v) is 9.12. The maximum Gasteiger partial charge on any atom is 0.191 e. The molecule has 6 nitrogen and oxygen atoms in total. The van der Waals surface area contributed by atoms with Crippen molar-refractivity contribution in [2.45, 2.75) is 78.8 Å². The van der Waals surface area contributed by atoms with Gasteiger partial charge in [-0.05, 0) is 19.8 Å². The highest BCUT2D eigenvalue weighted by molar-refractivity contribution is 14.0. The van der Waals surface area contributed by atoms with Crippen LogP contribution in [-0.4, -0.2) is 39.9 Å². The van der Waals surface area contributed by atoms with Gasteiger partial charge in [-0.15, -0.1) is 34.2 Å². The topological polar surface area (TPSA) is 67.1 Å². The minimum absolute atomic E-state index is 0. The predicted octanol–water partition coefficient (Wildman–Crippen LogP) is 3.37. The van der Waals surface area contributed by atoms with E-state index >= 15 is 0 Å². The normalized spacial score (nSPS) is 12.6. The Morgan fingerprint density at radius 3 is 2.71 bits per heavy atom. The van der Waals surface area contributed by atoms with Crippen LogP contribution in [0, 0.1) is 0 Å². The summed E-state index contributed by atoms with van der Waals surface area (Å²) >= 11 is 0. The van der Waals surface area contributed by atoms with Crippen LogP contribution in [0.3, 0.4) is 0 Å². The molecule has 1 heterocycles. The molecule has 140 valence electrons. The van der Waals surface area contributed by atoms with E-state index in [1.807, 2.05) is 0 Å². The fraction of sp³-hybridized carbons (Fsp3) is 0.824. The lowest BCUT2D eigenvalue weighted by molar-refractivity contribution is 0.542. The summed E-state index contributed by atoms with van der Waals surface area (Å²) in [5.41, 5.74) is 0. The van der Waals surface area contributed by atoms with E-state index < -0.39 is 0 Å². The molecule has 1 atom stereocenters. The van der Waals surface area contributed by atoms with Crippen molar-refractivity contribution in [3.8, 4) is 0 Å². The second-order valence-electron chi connectivity index (χ2n) is 5.99. The summed E-state index contributed by atoms with van der Waals surface area (Å²) in [6.07, 6.45) is 8.78. The predicted molar refractivity (Wildman–Crippen MR) is 112 cm³/mol. The lowest BCUT2D eigenvalue weighted by Crippen LogP contribution is -2.43.